The molecule has 3 amide bonds. The second-order valence-corrected chi connectivity index (χ2v) is 13.5. The largest absolute Gasteiger partial charge is 0.463 e. The minimum Gasteiger partial charge on any atom is -0.463 e. The van der Waals surface area contributed by atoms with Crippen LogP contribution in [0, 0.1) is 11.8 Å². The third-order valence-electron chi connectivity index (χ3n) is 9.33. The number of carbonyl (C=O) groups excluding carboxylic acids is 4. The summed E-state index contributed by atoms with van der Waals surface area (Å²) in [4.78, 5) is 58.2. The lowest BCUT2D eigenvalue weighted by Crippen LogP contribution is -2.59. The number of halogens is 1. The number of hydrogen-bond donors (Lipinski definition) is 2. The molecule has 10 nitrogen and oxygen atoms in total. The summed E-state index contributed by atoms with van der Waals surface area (Å²) in [6.07, 6.45) is 5.29. The lowest BCUT2D eigenvalue weighted by molar-refractivity contribution is -0.152. The Morgan fingerprint density at radius 2 is 1.96 bits per heavy atom. The first-order valence-electron chi connectivity index (χ1n) is 15.8. The number of amides is 3. The number of ether oxygens (including phenoxy) is 2. The minimum atomic E-state index is -1.26. The first kappa shape index (κ1) is 34.8. The van der Waals surface area contributed by atoms with E-state index in [0.29, 0.717) is 19.4 Å². The zero-order valence-electron chi connectivity index (χ0n) is 26.4. The summed E-state index contributed by atoms with van der Waals surface area (Å²) < 4.78 is 12.2. The molecule has 3 fully saturated rings. The number of nitrogens with zero attached hydrogens (tertiary/aromatic N) is 2. The van der Waals surface area contributed by atoms with E-state index < -0.39 is 53.5 Å². The van der Waals surface area contributed by atoms with E-state index in [-0.39, 0.29) is 42.3 Å². The van der Waals surface area contributed by atoms with Gasteiger partial charge in [0.15, 0.2) is 0 Å². The molecule has 1 spiro atoms. The van der Waals surface area contributed by atoms with Gasteiger partial charge in [0.1, 0.15) is 18.2 Å². The number of allylic oxidation sites excluding steroid dienone is 1. The third-order valence-corrected chi connectivity index (χ3v) is 10.2. The Morgan fingerprint density at radius 3 is 2.58 bits per heavy atom. The summed E-state index contributed by atoms with van der Waals surface area (Å²) >= 11 is 3.71. The van der Waals surface area contributed by atoms with E-state index in [2.05, 4.69) is 34.4 Å². The standard InChI is InChI=1S/C34H46BrN3O7/c1-6-9-16-26(40)44-20-25(23-14-11-10-12-15-23)36-31(41)27-28-32(42)38(22(5)19-39)30(34(28)18-24(35)29(27)45-34)33(43)37(17-8-3)21(4)13-7-2/h6,8,10-12,14-15,21-22,24-25,27-30,39H,1,3,7,9,13,16-20H2,2,4-5H3,(H,36,41)/t21?,22-,24?,25+,27-,28+,29-,30-,34+/m1/s1. The molecule has 4 rings (SSSR count). The van der Waals surface area contributed by atoms with Crippen molar-refractivity contribution in [1.29, 1.82) is 0 Å². The molecule has 3 aliphatic heterocycles. The molecular weight excluding hydrogens is 642 g/mol. The molecule has 11 heteroatoms. The predicted molar refractivity (Wildman–Crippen MR) is 173 cm³/mol. The van der Waals surface area contributed by atoms with Crippen LogP contribution in [0.4, 0.5) is 0 Å². The van der Waals surface area contributed by atoms with Crippen LogP contribution in [0.3, 0.4) is 0 Å². The van der Waals surface area contributed by atoms with Gasteiger partial charge in [-0.2, -0.15) is 0 Å². The molecule has 3 saturated heterocycles. The fourth-order valence-corrected chi connectivity index (χ4v) is 8.15. The topological polar surface area (TPSA) is 125 Å². The summed E-state index contributed by atoms with van der Waals surface area (Å²) in [7, 11) is 0. The summed E-state index contributed by atoms with van der Waals surface area (Å²) in [5.74, 6) is -3.33. The number of nitrogens with one attached hydrogen (secondary N) is 1. The monoisotopic (exact) mass is 687 g/mol. The van der Waals surface area contributed by atoms with Gasteiger partial charge in [0.2, 0.25) is 17.7 Å². The van der Waals surface area contributed by atoms with Crippen LogP contribution in [-0.2, 0) is 28.7 Å². The normalized spacial score (nSPS) is 28.6. The Bertz CT molecular complexity index is 1260. The molecule has 0 radical (unpaired) electrons. The summed E-state index contributed by atoms with van der Waals surface area (Å²) in [6.45, 7) is 13.1. The number of aliphatic hydroxyl groups excluding tert-OH is 1. The number of fused-ring (bicyclic) bond motifs is 1. The van der Waals surface area contributed by atoms with Crippen molar-refractivity contribution in [1.82, 2.24) is 15.1 Å². The van der Waals surface area contributed by atoms with Gasteiger partial charge in [0.05, 0.1) is 36.6 Å². The van der Waals surface area contributed by atoms with Gasteiger partial charge >= 0.3 is 5.97 Å². The number of alkyl halides is 1. The van der Waals surface area contributed by atoms with Crippen LogP contribution >= 0.6 is 15.9 Å². The molecule has 2 N–H and O–H groups in total. The van der Waals surface area contributed by atoms with Crippen LogP contribution in [-0.4, -0.2) is 93.0 Å². The molecule has 246 valence electrons. The van der Waals surface area contributed by atoms with Crippen molar-refractivity contribution in [2.24, 2.45) is 11.8 Å². The van der Waals surface area contributed by atoms with Crippen LogP contribution in [0.1, 0.15) is 64.5 Å². The molecule has 0 saturated carbocycles. The van der Waals surface area contributed by atoms with Crippen molar-refractivity contribution < 1.29 is 33.8 Å². The average molecular weight is 689 g/mol. The highest BCUT2D eigenvalue weighted by Gasteiger charge is 2.77. The van der Waals surface area contributed by atoms with E-state index in [4.69, 9.17) is 9.47 Å². The fraction of sp³-hybridized carbons (Fsp3) is 0.588. The van der Waals surface area contributed by atoms with Gasteiger partial charge in [-0.15, -0.1) is 13.2 Å². The predicted octanol–water partition coefficient (Wildman–Crippen LogP) is 3.69. The Labute approximate surface area is 274 Å². The van der Waals surface area contributed by atoms with Crippen LogP contribution in [0.5, 0.6) is 0 Å². The molecule has 1 aromatic rings. The van der Waals surface area contributed by atoms with Gasteiger partial charge in [0.25, 0.3) is 0 Å². The highest BCUT2D eigenvalue weighted by atomic mass is 79.9. The lowest BCUT2D eigenvalue weighted by Gasteiger charge is -2.40. The molecule has 3 aliphatic rings. The van der Waals surface area contributed by atoms with Crippen molar-refractivity contribution in [3.63, 3.8) is 0 Å². The number of benzene rings is 1. The zero-order chi connectivity index (χ0) is 32.9. The average Bonchev–Trinajstić information content (AvgIpc) is 3.63. The minimum absolute atomic E-state index is 0.0912. The Hall–Kier alpha value is -3.02. The van der Waals surface area contributed by atoms with Crippen molar-refractivity contribution in [2.75, 3.05) is 19.8 Å². The lowest BCUT2D eigenvalue weighted by atomic mass is 9.70. The van der Waals surface area contributed by atoms with Gasteiger partial charge in [-0.05, 0) is 38.7 Å². The summed E-state index contributed by atoms with van der Waals surface area (Å²) in [6, 6.07) is 6.70. The Kier molecular flexibility index (Phi) is 11.7. The second-order valence-electron chi connectivity index (χ2n) is 12.3. The van der Waals surface area contributed by atoms with E-state index in [0.717, 1.165) is 18.4 Å². The molecule has 0 aliphatic carbocycles. The molecule has 45 heavy (non-hydrogen) atoms. The van der Waals surface area contributed by atoms with Gasteiger partial charge < -0.3 is 29.7 Å². The number of likely N-dealkylation sites (tertiary alicyclic amines) is 1. The first-order valence-corrected chi connectivity index (χ1v) is 16.8. The van der Waals surface area contributed by atoms with E-state index in [1.54, 1.807) is 24.0 Å². The van der Waals surface area contributed by atoms with E-state index in [9.17, 15) is 24.3 Å². The van der Waals surface area contributed by atoms with Crippen LogP contribution < -0.4 is 5.32 Å². The molecule has 3 heterocycles. The molecule has 2 unspecified atom stereocenters. The van der Waals surface area contributed by atoms with Crippen molar-refractivity contribution in [3.05, 3.63) is 61.2 Å². The van der Waals surface area contributed by atoms with E-state index in [1.807, 2.05) is 44.2 Å². The quantitative estimate of drug-likeness (QED) is 0.154. The summed E-state index contributed by atoms with van der Waals surface area (Å²) in [5.41, 5.74) is -0.522. The van der Waals surface area contributed by atoms with Crippen LogP contribution in [0.2, 0.25) is 0 Å². The molecular formula is C34H46BrN3O7. The fourth-order valence-electron chi connectivity index (χ4n) is 7.21. The van der Waals surface area contributed by atoms with Crippen LogP contribution in [0.25, 0.3) is 0 Å². The van der Waals surface area contributed by atoms with Gasteiger partial charge in [-0.25, -0.2) is 0 Å². The Morgan fingerprint density at radius 1 is 1.24 bits per heavy atom. The van der Waals surface area contributed by atoms with E-state index >= 15 is 0 Å². The second kappa shape index (κ2) is 15.0. The number of rotatable bonds is 16. The number of hydrogen-bond acceptors (Lipinski definition) is 7. The molecule has 1 aromatic carbocycles. The highest BCUT2D eigenvalue weighted by Crippen LogP contribution is 2.60. The smallest absolute Gasteiger partial charge is 0.306 e. The van der Waals surface area contributed by atoms with Gasteiger partial charge in [0, 0.05) is 23.8 Å². The SMILES string of the molecule is C=CCCC(=O)OC[C@H](NC(=O)[C@H]1[C@@H]2O[C@@]3(CC2Br)[C@@H]1C(=O)N([C@H](C)CO)[C@@H]3C(=O)N(CC=C)C(C)CCC)c1ccccc1. The zero-order valence-corrected chi connectivity index (χ0v) is 28.0. The maximum absolute atomic E-state index is 14.5. The maximum atomic E-state index is 14.5. The maximum Gasteiger partial charge on any atom is 0.306 e. The number of aliphatic hydroxyl groups is 1. The van der Waals surface area contributed by atoms with E-state index in [1.165, 1.54) is 4.90 Å². The Balaban J connectivity index is 1.68. The van der Waals surface area contributed by atoms with Crippen molar-refractivity contribution in [3.8, 4) is 0 Å². The molecule has 9 atom stereocenters. The molecule has 0 aromatic heterocycles. The van der Waals surface area contributed by atoms with Crippen LogP contribution in [0.15, 0.2) is 55.6 Å². The highest BCUT2D eigenvalue weighted by molar-refractivity contribution is 9.09. The van der Waals surface area contributed by atoms with Crippen molar-refractivity contribution >= 4 is 39.6 Å². The number of esters is 1. The molecule has 2 bridgehead atoms. The summed E-state index contributed by atoms with van der Waals surface area (Å²) in [5, 5.41) is 13.2. The third kappa shape index (κ3) is 6.76. The van der Waals surface area contributed by atoms with Crippen molar-refractivity contribution in [2.45, 2.75) is 93.6 Å². The number of carbonyl (C=O) groups is 4. The van der Waals surface area contributed by atoms with Gasteiger partial charge in [-0.3, -0.25) is 19.2 Å². The van der Waals surface area contributed by atoms with Gasteiger partial charge in [-0.1, -0.05) is 71.8 Å². The first-order chi connectivity index (χ1) is 21.6.